The van der Waals surface area contributed by atoms with Crippen LogP contribution in [0.25, 0.3) is 16.5 Å². The third-order valence-electron chi connectivity index (χ3n) is 5.11. The van der Waals surface area contributed by atoms with E-state index in [1.54, 1.807) is 12.4 Å². The molecule has 3 rings (SSSR count). The van der Waals surface area contributed by atoms with Gasteiger partial charge in [-0.25, -0.2) is 15.0 Å². The summed E-state index contributed by atoms with van der Waals surface area (Å²) in [5.41, 5.74) is 2.61. The van der Waals surface area contributed by atoms with E-state index in [1.807, 2.05) is 54.6 Å². The van der Waals surface area contributed by atoms with E-state index in [4.69, 9.17) is 0 Å². The molecule has 0 atom stereocenters. The molecule has 33 heavy (non-hydrogen) atoms. The van der Waals surface area contributed by atoms with Crippen molar-refractivity contribution < 1.29 is 4.79 Å². The highest BCUT2D eigenvalue weighted by Crippen LogP contribution is 2.22. The van der Waals surface area contributed by atoms with E-state index in [-0.39, 0.29) is 5.91 Å². The Morgan fingerprint density at radius 3 is 2.82 bits per heavy atom. The molecule has 7 nitrogen and oxygen atoms in total. The summed E-state index contributed by atoms with van der Waals surface area (Å²) in [6.45, 7) is 11.3. The Labute approximate surface area is 195 Å². The van der Waals surface area contributed by atoms with Crippen LogP contribution in [0.15, 0.2) is 90.5 Å². The summed E-state index contributed by atoms with van der Waals surface area (Å²) in [4.78, 5) is 27.3. The number of amides is 1. The number of nitrogens with one attached hydrogen (secondary N) is 2. The molecule has 1 fully saturated rings. The lowest BCUT2D eigenvalue weighted by atomic mass is 10.1. The van der Waals surface area contributed by atoms with Gasteiger partial charge in [-0.15, -0.1) is 6.58 Å². The zero-order chi connectivity index (χ0) is 23.3. The number of carbonyl (C=O) groups is 1. The van der Waals surface area contributed by atoms with Gasteiger partial charge in [-0.2, -0.15) is 0 Å². The van der Waals surface area contributed by atoms with Crippen molar-refractivity contribution in [3.05, 3.63) is 91.2 Å². The molecular formula is C26H30N6O. The van der Waals surface area contributed by atoms with Gasteiger partial charge in [0.15, 0.2) is 0 Å². The molecule has 1 aliphatic heterocycles. The Hall–Kier alpha value is -3.84. The van der Waals surface area contributed by atoms with E-state index in [1.165, 1.54) is 6.08 Å². The van der Waals surface area contributed by atoms with Crippen LogP contribution >= 0.6 is 0 Å². The molecule has 0 bridgehead atoms. The van der Waals surface area contributed by atoms with Gasteiger partial charge in [-0.05, 0) is 30.9 Å². The largest absolute Gasteiger partial charge is 0.354 e. The first-order valence-corrected chi connectivity index (χ1v) is 11.0. The lowest BCUT2D eigenvalue weighted by Gasteiger charge is -2.29. The fourth-order valence-electron chi connectivity index (χ4n) is 3.46. The summed E-state index contributed by atoms with van der Waals surface area (Å²) in [5.74, 6) is 0.582. The van der Waals surface area contributed by atoms with Gasteiger partial charge >= 0.3 is 0 Å². The Morgan fingerprint density at radius 2 is 2.03 bits per heavy atom. The third kappa shape index (κ3) is 7.08. The molecule has 0 radical (unpaired) electrons. The summed E-state index contributed by atoms with van der Waals surface area (Å²) in [5, 5.41) is 7.16. The SMILES string of the molecule is C=CCC=CC(=CCNC(=O)C=CC=C(N=C)N1CCNCC1)c1ncnc2ccccc12. The number of hydrogen-bond donors (Lipinski definition) is 2. The minimum Gasteiger partial charge on any atom is -0.354 e. The lowest BCUT2D eigenvalue weighted by Crippen LogP contribution is -2.42. The predicted molar refractivity (Wildman–Crippen MR) is 136 cm³/mol. The van der Waals surface area contributed by atoms with Gasteiger partial charge in [-0.1, -0.05) is 48.6 Å². The van der Waals surface area contributed by atoms with Crippen LogP contribution in [0.1, 0.15) is 12.1 Å². The second kappa shape index (κ2) is 12.9. The standard InChI is InChI=1S/C26H30N6O/c1-3-4-5-9-21(26-22-10-6-7-11-23(22)30-20-31-26)14-15-29-25(33)13-8-12-24(27-2)32-18-16-28-17-19-32/h3,5-14,20,28H,1-2,4,15-19H2,(H,29,33). The molecule has 0 saturated carbocycles. The van der Waals surface area contributed by atoms with E-state index in [0.717, 1.165) is 60.6 Å². The van der Waals surface area contributed by atoms with Gasteiger partial charge < -0.3 is 15.5 Å². The van der Waals surface area contributed by atoms with Crippen molar-refractivity contribution >= 4 is 29.1 Å². The number of aliphatic imine (C=N–C) groups is 1. The summed E-state index contributed by atoms with van der Waals surface area (Å²) in [7, 11) is 0. The molecular weight excluding hydrogens is 412 g/mol. The highest BCUT2D eigenvalue weighted by atomic mass is 16.1. The third-order valence-corrected chi connectivity index (χ3v) is 5.11. The smallest absolute Gasteiger partial charge is 0.244 e. The van der Waals surface area contributed by atoms with Crippen LogP contribution in [0.5, 0.6) is 0 Å². The van der Waals surface area contributed by atoms with Crippen molar-refractivity contribution in [1.82, 2.24) is 25.5 Å². The molecule has 1 aromatic heterocycles. The summed E-state index contributed by atoms with van der Waals surface area (Å²) >= 11 is 0. The first-order chi connectivity index (χ1) is 16.2. The van der Waals surface area contributed by atoms with Crippen LogP contribution in [0.4, 0.5) is 0 Å². The van der Waals surface area contributed by atoms with Crippen LogP contribution in [0, 0.1) is 0 Å². The number of aromatic nitrogens is 2. The van der Waals surface area contributed by atoms with Crippen molar-refractivity contribution in [1.29, 1.82) is 0 Å². The Balaban J connectivity index is 1.68. The molecule has 0 aliphatic carbocycles. The molecule has 2 aromatic rings. The van der Waals surface area contributed by atoms with E-state index in [0.29, 0.717) is 6.54 Å². The average Bonchev–Trinajstić information content (AvgIpc) is 2.86. The molecule has 170 valence electrons. The van der Waals surface area contributed by atoms with E-state index < -0.39 is 0 Å². The van der Waals surface area contributed by atoms with Crippen LogP contribution in [-0.4, -0.2) is 60.2 Å². The number of allylic oxidation sites excluding steroid dienone is 6. The second-order valence-corrected chi connectivity index (χ2v) is 7.35. The summed E-state index contributed by atoms with van der Waals surface area (Å²) < 4.78 is 0. The molecule has 1 aromatic carbocycles. The van der Waals surface area contributed by atoms with Crippen molar-refractivity contribution in [3.63, 3.8) is 0 Å². The summed E-state index contributed by atoms with van der Waals surface area (Å²) in [6, 6.07) is 7.87. The quantitative estimate of drug-likeness (QED) is 0.255. The zero-order valence-corrected chi connectivity index (χ0v) is 18.8. The minimum absolute atomic E-state index is 0.187. The van der Waals surface area contributed by atoms with Gasteiger partial charge in [-0.3, -0.25) is 4.79 Å². The van der Waals surface area contributed by atoms with Crippen LogP contribution < -0.4 is 10.6 Å². The van der Waals surface area contributed by atoms with Crippen molar-refractivity contribution in [2.75, 3.05) is 32.7 Å². The molecule has 0 spiro atoms. The topological polar surface area (TPSA) is 82.5 Å². The number of fused-ring (bicyclic) bond motifs is 1. The normalized spacial score (nSPS) is 15.3. The maximum Gasteiger partial charge on any atom is 0.244 e. The number of benzene rings is 1. The van der Waals surface area contributed by atoms with Crippen molar-refractivity contribution in [2.45, 2.75) is 6.42 Å². The number of para-hydroxylation sites is 1. The number of hydrogen-bond acceptors (Lipinski definition) is 6. The number of carbonyl (C=O) groups excluding carboxylic acids is 1. The number of nitrogens with zero attached hydrogens (tertiary/aromatic N) is 4. The molecule has 7 heteroatoms. The van der Waals surface area contributed by atoms with Crippen molar-refractivity contribution in [2.24, 2.45) is 4.99 Å². The average molecular weight is 443 g/mol. The van der Waals surface area contributed by atoms with Crippen LogP contribution in [0.3, 0.4) is 0 Å². The fourth-order valence-corrected chi connectivity index (χ4v) is 3.46. The highest BCUT2D eigenvalue weighted by Gasteiger charge is 2.11. The fraction of sp³-hybridized carbons (Fsp3) is 0.231. The molecule has 1 amide bonds. The van der Waals surface area contributed by atoms with E-state index in [2.05, 4.69) is 43.8 Å². The highest BCUT2D eigenvalue weighted by molar-refractivity contribution is 5.92. The van der Waals surface area contributed by atoms with Gasteiger partial charge in [0.2, 0.25) is 5.91 Å². The maximum absolute atomic E-state index is 12.3. The minimum atomic E-state index is -0.187. The van der Waals surface area contributed by atoms with Gasteiger partial charge in [0.25, 0.3) is 0 Å². The lowest BCUT2D eigenvalue weighted by molar-refractivity contribution is -0.116. The van der Waals surface area contributed by atoms with E-state index >= 15 is 0 Å². The first kappa shape index (κ1) is 23.8. The van der Waals surface area contributed by atoms with Gasteiger partial charge in [0, 0.05) is 44.2 Å². The zero-order valence-electron chi connectivity index (χ0n) is 18.8. The van der Waals surface area contributed by atoms with Crippen molar-refractivity contribution in [3.8, 4) is 0 Å². The van der Waals surface area contributed by atoms with E-state index in [9.17, 15) is 4.79 Å². The maximum atomic E-state index is 12.3. The van der Waals surface area contributed by atoms with Crippen LogP contribution in [0.2, 0.25) is 0 Å². The Morgan fingerprint density at radius 1 is 1.21 bits per heavy atom. The van der Waals surface area contributed by atoms with Gasteiger partial charge in [0.05, 0.1) is 11.2 Å². The Kier molecular flexibility index (Phi) is 9.29. The number of rotatable bonds is 10. The molecule has 1 aliphatic rings. The summed E-state index contributed by atoms with van der Waals surface area (Å²) in [6.07, 6.45) is 15.1. The monoisotopic (exact) mass is 442 g/mol. The number of piperazine rings is 1. The molecule has 0 unspecified atom stereocenters. The first-order valence-electron chi connectivity index (χ1n) is 11.0. The Bertz CT molecular complexity index is 1090. The molecule has 2 heterocycles. The van der Waals surface area contributed by atoms with Gasteiger partial charge in [0.1, 0.15) is 12.1 Å². The van der Waals surface area contributed by atoms with Crippen LogP contribution in [-0.2, 0) is 4.79 Å². The second-order valence-electron chi connectivity index (χ2n) is 7.35. The molecule has 2 N–H and O–H groups in total. The predicted octanol–water partition coefficient (Wildman–Crippen LogP) is 3.27. The molecule has 1 saturated heterocycles.